The molecule has 6 rings (SSSR count). The summed E-state index contributed by atoms with van der Waals surface area (Å²) in [6.45, 7) is 9.01. The number of fused-ring (bicyclic) bond motifs is 1. The van der Waals surface area contributed by atoms with Gasteiger partial charge in [-0.2, -0.15) is 0 Å². The van der Waals surface area contributed by atoms with Crippen molar-refractivity contribution in [1.29, 1.82) is 0 Å². The summed E-state index contributed by atoms with van der Waals surface area (Å²) in [6, 6.07) is 36.3. The van der Waals surface area contributed by atoms with E-state index < -0.39 is 0 Å². The van der Waals surface area contributed by atoms with Crippen LogP contribution >= 0.6 is 0 Å². The lowest BCUT2D eigenvalue weighted by atomic mass is 9.88. The molecule has 0 N–H and O–H groups in total. The van der Waals surface area contributed by atoms with Gasteiger partial charge in [-0.25, -0.2) is 0 Å². The van der Waals surface area contributed by atoms with E-state index in [1.165, 1.54) is 11.1 Å². The number of carbonyl (C=O) groups is 1. The van der Waals surface area contributed by atoms with E-state index in [9.17, 15) is 4.79 Å². The van der Waals surface area contributed by atoms with E-state index in [1.807, 2.05) is 36.1 Å². The molecular weight excluding hydrogens is 506 g/mol. The van der Waals surface area contributed by atoms with Crippen LogP contribution in [0.1, 0.15) is 51.9 Å². The summed E-state index contributed by atoms with van der Waals surface area (Å²) in [4.78, 5) is 20.3. The maximum atomic E-state index is 13.3. The van der Waals surface area contributed by atoms with E-state index in [-0.39, 0.29) is 5.91 Å². The SMILES string of the molecule is CCOc1ccc(CN2Cc3ccc(N4CCN(CCC(c5ccccc5)c5ccccc5)CC4)cc3C2=O)cc1. The van der Waals surface area contributed by atoms with E-state index in [4.69, 9.17) is 4.74 Å². The van der Waals surface area contributed by atoms with Crippen LogP contribution in [0.15, 0.2) is 103 Å². The highest BCUT2D eigenvalue weighted by Crippen LogP contribution is 2.31. The number of benzene rings is 4. The largest absolute Gasteiger partial charge is 0.494 e. The standard InChI is InChI=1S/C36H39N3O2/c1-2-41-33-17-13-28(14-18-33)26-39-27-31-15-16-32(25-35(31)36(39)40)38-23-21-37(22-24-38)20-19-34(29-9-5-3-6-10-29)30-11-7-4-8-12-30/h3-18,25,34H,2,19-24,26-27H2,1H3. The summed E-state index contributed by atoms with van der Waals surface area (Å²) in [7, 11) is 0. The molecule has 1 fully saturated rings. The van der Waals surface area contributed by atoms with Gasteiger partial charge in [0.05, 0.1) is 6.61 Å². The van der Waals surface area contributed by atoms with Gasteiger partial charge < -0.3 is 14.5 Å². The van der Waals surface area contributed by atoms with Crippen molar-refractivity contribution >= 4 is 11.6 Å². The van der Waals surface area contributed by atoms with E-state index in [0.717, 1.165) is 67.3 Å². The van der Waals surface area contributed by atoms with Crippen LogP contribution in [0.2, 0.25) is 0 Å². The van der Waals surface area contributed by atoms with Crippen LogP contribution in [0, 0.1) is 0 Å². The van der Waals surface area contributed by atoms with Crippen molar-refractivity contribution in [3.05, 3.63) is 131 Å². The molecule has 0 spiro atoms. The maximum Gasteiger partial charge on any atom is 0.254 e. The van der Waals surface area contributed by atoms with Crippen molar-refractivity contribution in [1.82, 2.24) is 9.80 Å². The Kier molecular flexibility index (Phi) is 8.33. The van der Waals surface area contributed by atoms with Crippen LogP contribution < -0.4 is 9.64 Å². The molecule has 2 aliphatic rings. The van der Waals surface area contributed by atoms with E-state index >= 15 is 0 Å². The van der Waals surface area contributed by atoms with Crippen LogP contribution in [-0.4, -0.2) is 55.0 Å². The van der Waals surface area contributed by atoms with E-state index in [2.05, 4.69) is 88.7 Å². The summed E-state index contributed by atoms with van der Waals surface area (Å²) in [6.07, 6.45) is 1.10. The Bertz CT molecular complexity index is 1390. The van der Waals surface area contributed by atoms with Crippen molar-refractivity contribution < 1.29 is 9.53 Å². The molecule has 2 heterocycles. The van der Waals surface area contributed by atoms with Gasteiger partial charge in [0.15, 0.2) is 0 Å². The van der Waals surface area contributed by atoms with Gasteiger partial charge >= 0.3 is 0 Å². The minimum absolute atomic E-state index is 0.127. The molecule has 0 aromatic heterocycles. The quantitative estimate of drug-likeness (QED) is 0.225. The summed E-state index contributed by atoms with van der Waals surface area (Å²) < 4.78 is 5.55. The number of hydrogen-bond donors (Lipinski definition) is 0. The Morgan fingerprint density at radius 2 is 1.44 bits per heavy atom. The third kappa shape index (κ3) is 6.31. The van der Waals surface area contributed by atoms with Crippen molar-refractivity contribution in [2.24, 2.45) is 0 Å². The van der Waals surface area contributed by atoms with E-state index in [1.54, 1.807) is 0 Å². The summed E-state index contributed by atoms with van der Waals surface area (Å²) in [5, 5.41) is 0. The van der Waals surface area contributed by atoms with Gasteiger partial charge in [-0.1, -0.05) is 78.9 Å². The first-order valence-electron chi connectivity index (χ1n) is 14.9. The first kappa shape index (κ1) is 27.1. The smallest absolute Gasteiger partial charge is 0.254 e. The Morgan fingerprint density at radius 1 is 0.780 bits per heavy atom. The topological polar surface area (TPSA) is 36.0 Å². The van der Waals surface area contributed by atoms with Crippen LogP contribution in [0.5, 0.6) is 5.75 Å². The predicted octanol–water partition coefficient (Wildman–Crippen LogP) is 6.59. The second-order valence-electron chi connectivity index (χ2n) is 11.1. The van der Waals surface area contributed by atoms with Crippen molar-refractivity contribution in [2.45, 2.75) is 32.4 Å². The van der Waals surface area contributed by atoms with Gasteiger partial charge in [-0.15, -0.1) is 0 Å². The highest BCUT2D eigenvalue weighted by molar-refractivity contribution is 5.99. The number of nitrogens with zero attached hydrogens (tertiary/aromatic N) is 3. The average molecular weight is 546 g/mol. The second kappa shape index (κ2) is 12.6. The fourth-order valence-corrected chi connectivity index (χ4v) is 6.19. The van der Waals surface area contributed by atoms with Crippen molar-refractivity contribution in [3.63, 3.8) is 0 Å². The number of anilines is 1. The van der Waals surface area contributed by atoms with Gasteiger partial charge in [0, 0.05) is 56.4 Å². The van der Waals surface area contributed by atoms with E-state index in [0.29, 0.717) is 25.6 Å². The number of amides is 1. The summed E-state index contributed by atoms with van der Waals surface area (Å²) >= 11 is 0. The molecule has 0 aliphatic carbocycles. The average Bonchev–Trinajstić information content (AvgIpc) is 3.33. The third-order valence-electron chi connectivity index (χ3n) is 8.46. The molecule has 0 bridgehead atoms. The Hall–Kier alpha value is -4.09. The van der Waals surface area contributed by atoms with Crippen LogP contribution in [0.4, 0.5) is 5.69 Å². The summed E-state index contributed by atoms with van der Waals surface area (Å²) in [5.41, 5.74) is 7.02. The molecule has 1 saturated heterocycles. The molecule has 0 unspecified atom stereocenters. The number of hydrogen-bond acceptors (Lipinski definition) is 4. The molecule has 0 radical (unpaired) electrons. The highest BCUT2D eigenvalue weighted by Gasteiger charge is 2.29. The number of rotatable bonds is 10. The number of ether oxygens (including phenoxy) is 1. The van der Waals surface area contributed by atoms with Crippen molar-refractivity contribution in [2.75, 3.05) is 44.2 Å². The van der Waals surface area contributed by atoms with Gasteiger partial charge in [-0.3, -0.25) is 9.69 Å². The second-order valence-corrected chi connectivity index (χ2v) is 11.1. The van der Waals surface area contributed by atoms with Crippen LogP contribution in [0.25, 0.3) is 0 Å². The lowest BCUT2D eigenvalue weighted by Gasteiger charge is -2.37. The molecular formula is C36H39N3O2. The number of carbonyl (C=O) groups excluding carboxylic acids is 1. The van der Waals surface area contributed by atoms with Crippen LogP contribution in [-0.2, 0) is 13.1 Å². The number of piperazine rings is 1. The zero-order valence-corrected chi connectivity index (χ0v) is 23.9. The minimum Gasteiger partial charge on any atom is -0.494 e. The van der Waals surface area contributed by atoms with Gasteiger partial charge in [-0.05, 0) is 66.4 Å². The van der Waals surface area contributed by atoms with Crippen molar-refractivity contribution in [3.8, 4) is 5.75 Å². The lowest BCUT2D eigenvalue weighted by molar-refractivity contribution is 0.0766. The monoisotopic (exact) mass is 545 g/mol. The Morgan fingerprint density at radius 3 is 2.07 bits per heavy atom. The third-order valence-corrected chi connectivity index (χ3v) is 8.46. The van der Waals surface area contributed by atoms with Crippen LogP contribution in [0.3, 0.4) is 0 Å². The lowest BCUT2D eigenvalue weighted by Crippen LogP contribution is -2.46. The first-order chi connectivity index (χ1) is 20.2. The molecule has 0 saturated carbocycles. The Labute approximate surface area is 244 Å². The molecule has 5 heteroatoms. The predicted molar refractivity (Wildman–Crippen MR) is 166 cm³/mol. The minimum atomic E-state index is 0.127. The molecule has 0 atom stereocenters. The summed E-state index contributed by atoms with van der Waals surface area (Å²) in [5.74, 6) is 1.40. The highest BCUT2D eigenvalue weighted by atomic mass is 16.5. The van der Waals surface area contributed by atoms with Gasteiger partial charge in [0.2, 0.25) is 0 Å². The molecule has 2 aliphatic heterocycles. The molecule has 5 nitrogen and oxygen atoms in total. The molecule has 41 heavy (non-hydrogen) atoms. The fourth-order valence-electron chi connectivity index (χ4n) is 6.19. The fraction of sp³-hybridized carbons (Fsp3) is 0.306. The zero-order valence-electron chi connectivity index (χ0n) is 23.9. The molecule has 1 amide bonds. The molecule has 4 aromatic rings. The Balaban J connectivity index is 1.04. The normalized spacial score (nSPS) is 15.4. The first-order valence-corrected chi connectivity index (χ1v) is 14.9. The molecule has 4 aromatic carbocycles. The maximum absolute atomic E-state index is 13.3. The molecule has 210 valence electrons. The van der Waals surface area contributed by atoms with Gasteiger partial charge in [0.1, 0.15) is 5.75 Å². The zero-order chi connectivity index (χ0) is 28.0. The van der Waals surface area contributed by atoms with Gasteiger partial charge in [0.25, 0.3) is 5.91 Å².